The van der Waals surface area contributed by atoms with E-state index in [9.17, 15) is 14.7 Å². The van der Waals surface area contributed by atoms with Crippen LogP contribution in [-0.4, -0.2) is 51.3 Å². The molecule has 0 saturated heterocycles. The lowest BCUT2D eigenvalue weighted by Crippen LogP contribution is -2.47. The molecule has 1 fully saturated rings. The molecular weight excluding hydrogens is 430 g/mol. The number of ether oxygens (including phenoxy) is 1. The fourth-order valence-electron chi connectivity index (χ4n) is 4.11. The van der Waals surface area contributed by atoms with Gasteiger partial charge in [0, 0.05) is 17.7 Å². The fourth-order valence-corrected chi connectivity index (χ4v) is 7.16. The van der Waals surface area contributed by atoms with E-state index in [1.54, 1.807) is 21.6 Å². The Labute approximate surface area is 190 Å². The van der Waals surface area contributed by atoms with Crippen molar-refractivity contribution in [1.29, 1.82) is 0 Å². The van der Waals surface area contributed by atoms with Crippen molar-refractivity contribution in [2.24, 2.45) is 0 Å². The number of hydrogen-bond donors (Lipinski definition) is 1. The summed E-state index contributed by atoms with van der Waals surface area (Å²) in [5.41, 5.74) is 3.38. The minimum atomic E-state index is -1.20. The third-order valence-corrected chi connectivity index (χ3v) is 9.73. The normalized spacial score (nSPS) is 21.9. The van der Waals surface area contributed by atoms with Crippen molar-refractivity contribution in [3.8, 4) is 11.1 Å². The van der Waals surface area contributed by atoms with Gasteiger partial charge in [-0.1, -0.05) is 90.9 Å². The first-order valence-corrected chi connectivity index (χ1v) is 12.5. The summed E-state index contributed by atoms with van der Waals surface area (Å²) in [7, 11) is 4.72. The van der Waals surface area contributed by atoms with Crippen molar-refractivity contribution < 1.29 is 19.4 Å². The number of rotatable bonds is 6. The predicted octanol–water partition coefficient (Wildman–Crippen LogP) is 5.64. The Kier molecular flexibility index (Phi) is 5.77. The molecular formula is C24H27NO4S2. The van der Waals surface area contributed by atoms with Crippen LogP contribution < -0.4 is 0 Å². The molecule has 0 aliphatic heterocycles. The fraction of sp³-hybridized carbons (Fsp3) is 0.417. The van der Waals surface area contributed by atoms with Crippen LogP contribution in [0.3, 0.4) is 0 Å². The molecule has 2 atom stereocenters. The van der Waals surface area contributed by atoms with Crippen LogP contribution in [0, 0.1) is 0 Å². The molecule has 7 heteroatoms. The Morgan fingerprint density at radius 1 is 1.10 bits per heavy atom. The van der Waals surface area contributed by atoms with Gasteiger partial charge in [0.25, 0.3) is 0 Å². The van der Waals surface area contributed by atoms with E-state index in [0.717, 1.165) is 22.3 Å². The van der Waals surface area contributed by atoms with E-state index in [-0.39, 0.29) is 22.5 Å². The van der Waals surface area contributed by atoms with Crippen LogP contribution in [-0.2, 0) is 9.53 Å². The third-order valence-electron chi connectivity index (χ3n) is 5.86. The van der Waals surface area contributed by atoms with Gasteiger partial charge in [-0.2, -0.15) is 0 Å². The summed E-state index contributed by atoms with van der Waals surface area (Å²) >= 11 is 0. The Morgan fingerprint density at radius 2 is 1.65 bits per heavy atom. The number of aliphatic carboxylic acids is 1. The van der Waals surface area contributed by atoms with E-state index in [4.69, 9.17) is 4.74 Å². The SMILES string of the molecule is CN(C(=O)OCC1c2ccccc2-c2ccccc21)C1(C(=O)O)CC1SSC(C)(C)C. The average molecular weight is 458 g/mol. The smallest absolute Gasteiger partial charge is 0.410 e. The second kappa shape index (κ2) is 8.10. The van der Waals surface area contributed by atoms with E-state index < -0.39 is 17.6 Å². The summed E-state index contributed by atoms with van der Waals surface area (Å²) in [4.78, 5) is 26.2. The van der Waals surface area contributed by atoms with Gasteiger partial charge in [-0.05, 0) is 28.7 Å². The molecule has 5 nitrogen and oxygen atoms in total. The summed E-state index contributed by atoms with van der Waals surface area (Å²) in [6.07, 6.45) is -0.162. The van der Waals surface area contributed by atoms with E-state index in [2.05, 4.69) is 45.0 Å². The van der Waals surface area contributed by atoms with Crippen molar-refractivity contribution >= 4 is 33.7 Å². The summed E-state index contributed by atoms with van der Waals surface area (Å²) in [6.45, 7) is 6.45. The maximum Gasteiger partial charge on any atom is 0.410 e. The minimum Gasteiger partial charge on any atom is -0.479 e. The Bertz CT molecular complexity index is 973. The second-order valence-corrected chi connectivity index (χ2v) is 12.3. The van der Waals surface area contributed by atoms with Gasteiger partial charge in [0.05, 0.1) is 5.25 Å². The van der Waals surface area contributed by atoms with E-state index in [1.165, 1.54) is 11.9 Å². The molecule has 1 N–H and O–H groups in total. The highest BCUT2D eigenvalue weighted by atomic mass is 33.1. The highest BCUT2D eigenvalue weighted by Crippen LogP contribution is 2.56. The summed E-state index contributed by atoms with van der Waals surface area (Å²) in [5, 5.41) is 9.74. The van der Waals surface area contributed by atoms with Crippen LogP contribution in [0.15, 0.2) is 48.5 Å². The molecule has 164 valence electrons. The van der Waals surface area contributed by atoms with Crippen LogP contribution >= 0.6 is 21.6 Å². The lowest BCUT2D eigenvalue weighted by molar-refractivity contribution is -0.143. The molecule has 31 heavy (non-hydrogen) atoms. The number of carboxylic acid groups (broad SMARTS) is 1. The van der Waals surface area contributed by atoms with Crippen LogP contribution in [0.4, 0.5) is 4.79 Å². The molecule has 2 aliphatic rings. The predicted molar refractivity (Wildman–Crippen MR) is 127 cm³/mol. The molecule has 0 radical (unpaired) electrons. The van der Waals surface area contributed by atoms with Crippen molar-refractivity contribution in [2.75, 3.05) is 13.7 Å². The van der Waals surface area contributed by atoms with Gasteiger partial charge >= 0.3 is 12.1 Å². The zero-order chi connectivity index (χ0) is 22.4. The number of carbonyl (C=O) groups excluding carboxylic acids is 1. The molecule has 4 rings (SSSR count). The zero-order valence-electron chi connectivity index (χ0n) is 18.1. The first kappa shape index (κ1) is 22.1. The summed E-state index contributed by atoms with van der Waals surface area (Å²) in [5.74, 6) is -1.03. The average Bonchev–Trinajstić information content (AvgIpc) is 3.40. The topological polar surface area (TPSA) is 66.8 Å². The lowest BCUT2D eigenvalue weighted by Gasteiger charge is -2.26. The van der Waals surface area contributed by atoms with Crippen LogP contribution in [0.2, 0.25) is 0 Å². The number of amides is 1. The summed E-state index contributed by atoms with van der Waals surface area (Å²) in [6, 6.07) is 16.3. The van der Waals surface area contributed by atoms with Crippen molar-refractivity contribution in [3.63, 3.8) is 0 Å². The van der Waals surface area contributed by atoms with Gasteiger partial charge in [0.15, 0.2) is 5.54 Å². The molecule has 2 unspecified atom stereocenters. The van der Waals surface area contributed by atoms with Gasteiger partial charge in [0.1, 0.15) is 6.61 Å². The first-order chi connectivity index (χ1) is 14.6. The lowest BCUT2D eigenvalue weighted by atomic mass is 9.98. The monoisotopic (exact) mass is 457 g/mol. The Morgan fingerprint density at radius 3 is 2.16 bits per heavy atom. The number of nitrogens with zero attached hydrogens (tertiary/aromatic N) is 1. The van der Waals surface area contributed by atoms with Crippen molar-refractivity contribution in [3.05, 3.63) is 59.7 Å². The Balaban J connectivity index is 1.46. The number of fused-ring (bicyclic) bond motifs is 3. The Hall–Kier alpha value is -2.12. The standard InChI is InChI=1S/C24H27NO4S2/c1-23(2,3)31-30-20-13-24(20,21(26)27)25(4)22(28)29-14-19-17-11-7-5-9-15(17)16-10-6-8-12-18(16)19/h5-12,19-20H,13-14H2,1-4H3,(H,26,27). The van der Waals surface area contributed by atoms with Crippen LogP contribution in [0.1, 0.15) is 44.2 Å². The maximum absolute atomic E-state index is 12.9. The van der Waals surface area contributed by atoms with Crippen molar-refractivity contribution in [1.82, 2.24) is 4.90 Å². The maximum atomic E-state index is 12.9. The van der Waals surface area contributed by atoms with Gasteiger partial charge in [-0.25, -0.2) is 9.59 Å². The molecule has 0 spiro atoms. The molecule has 2 aromatic carbocycles. The second-order valence-electron chi connectivity index (χ2n) is 9.08. The molecule has 0 heterocycles. The van der Waals surface area contributed by atoms with Crippen molar-refractivity contribution in [2.45, 2.75) is 48.6 Å². The van der Waals surface area contributed by atoms with Crippen LogP contribution in [0.25, 0.3) is 11.1 Å². The number of carbonyl (C=O) groups is 2. The number of likely N-dealkylation sites (N-methyl/N-ethyl adjacent to an activating group) is 1. The number of carboxylic acids is 1. The minimum absolute atomic E-state index is 0.0137. The molecule has 1 saturated carbocycles. The van der Waals surface area contributed by atoms with E-state index in [1.807, 2.05) is 24.3 Å². The quantitative estimate of drug-likeness (QED) is 0.566. The first-order valence-electron chi connectivity index (χ1n) is 10.3. The summed E-state index contributed by atoms with van der Waals surface area (Å²) < 4.78 is 5.69. The molecule has 1 amide bonds. The molecule has 0 bridgehead atoms. The van der Waals surface area contributed by atoms with Gasteiger partial charge in [-0.15, -0.1) is 0 Å². The van der Waals surface area contributed by atoms with Gasteiger partial charge in [-0.3, -0.25) is 4.90 Å². The number of hydrogen-bond acceptors (Lipinski definition) is 5. The third kappa shape index (κ3) is 4.05. The highest BCUT2D eigenvalue weighted by Gasteiger charge is 2.66. The largest absolute Gasteiger partial charge is 0.479 e. The van der Waals surface area contributed by atoms with E-state index >= 15 is 0 Å². The molecule has 2 aromatic rings. The van der Waals surface area contributed by atoms with E-state index in [0.29, 0.717) is 6.42 Å². The molecule has 0 aromatic heterocycles. The van der Waals surface area contributed by atoms with Crippen LogP contribution in [0.5, 0.6) is 0 Å². The zero-order valence-corrected chi connectivity index (χ0v) is 19.8. The van der Waals surface area contributed by atoms with Gasteiger partial charge in [0.2, 0.25) is 0 Å². The molecule has 2 aliphatic carbocycles. The van der Waals surface area contributed by atoms with Gasteiger partial charge < -0.3 is 9.84 Å². The highest BCUT2D eigenvalue weighted by molar-refractivity contribution is 8.77. The number of benzene rings is 2.